The van der Waals surface area contributed by atoms with E-state index in [1.165, 1.54) is 11.1 Å². The van der Waals surface area contributed by atoms with Gasteiger partial charge in [-0.3, -0.25) is 14.9 Å². The van der Waals surface area contributed by atoms with Gasteiger partial charge in [0.25, 0.3) is 0 Å². The van der Waals surface area contributed by atoms with Gasteiger partial charge in [-0.05, 0) is 58.7 Å². The Balaban J connectivity index is 1.06. The van der Waals surface area contributed by atoms with Crippen molar-refractivity contribution in [1.29, 1.82) is 0 Å². The first-order valence-electron chi connectivity index (χ1n) is 16.4. The zero-order valence-electron chi connectivity index (χ0n) is 27.0. The van der Waals surface area contributed by atoms with Gasteiger partial charge in [-0.1, -0.05) is 78.9 Å². The van der Waals surface area contributed by atoms with Gasteiger partial charge in [-0.2, -0.15) is 0 Å². The van der Waals surface area contributed by atoms with Crippen molar-refractivity contribution in [1.82, 2.24) is 30.8 Å². The lowest BCUT2D eigenvalue weighted by molar-refractivity contribution is 0.173. The van der Waals surface area contributed by atoms with E-state index in [1.54, 1.807) is 0 Å². The largest absolute Gasteiger partial charge is 0.489 e. The standard InChI is InChI=1S/C39H46N6O2/c46-39(35-11-8-14-38(25-35)47-31-34-9-2-1-3-10-34)29-42-26-32-15-17-33(18-16-32)30-45(23-21-40-27-36-12-4-6-19-43-36)24-22-41-28-37-13-5-7-20-44-37/h1-20,25,39-42,46H,21-24,26-31H2. The molecule has 0 radical (unpaired) electrons. The molecule has 0 saturated carbocycles. The fraction of sp³-hybridized carbons (Fsp3) is 0.282. The fourth-order valence-corrected chi connectivity index (χ4v) is 5.23. The summed E-state index contributed by atoms with van der Waals surface area (Å²) in [5.74, 6) is 0.753. The Hall–Kier alpha value is -4.44. The quantitative estimate of drug-likeness (QED) is 0.0866. The Morgan fingerprint density at radius 2 is 1.26 bits per heavy atom. The van der Waals surface area contributed by atoms with Crippen molar-refractivity contribution in [2.75, 3.05) is 32.7 Å². The number of aliphatic hydroxyl groups excluding tert-OH is 1. The molecule has 0 aliphatic rings. The van der Waals surface area contributed by atoms with Crippen LogP contribution in [-0.2, 0) is 32.8 Å². The third kappa shape index (κ3) is 12.4. The predicted molar refractivity (Wildman–Crippen MR) is 187 cm³/mol. The molecular weight excluding hydrogens is 584 g/mol. The van der Waals surface area contributed by atoms with Gasteiger partial charge < -0.3 is 25.8 Å². The van der Waals surface area contributed by atoms with Gasteiger partial charge in [0.05, 0.1) is 17.5 Å². The van der Waals surface area contributed by atoms with Gasteiger partial charge in [0.2, 0.25) is 0 Å². The first kappa shape index (κ1) is 33.9. The zero-order chi connectivity index (χ0) is 32.4. The molecule has 2 aromatic heterocycles. The number of rotatable bonds is 20. The topological polar surface area (TPSA) is 94.6 Å². The van der Waals surface area contributed by atoms with E-state index in [9.17, 15) is 5.11 Å². The summed E-state index contributed by atoms with van der Waals surface area (Å²) in [6.07, 6.45) is 3.04. The Morgan fingerprint density at radius 1 is 0.617 bits per heavy atom. The van der Waals surface area contributed by atoms with Crippen molar-refractivity contribution in [3.63, 3.8) is 0 Å². The number of hydrogen-bond acceptors (Lipinski definition) is 8. The Morgan fingerprint density at radius 3 is 1.89 bits per heavy atom. The number of aromatic nitrogens is 2. The molecule has 0 amide bonds. The third-order valence-corrected chi connectivity index (χ3v) is 7.86. The second-order valence-corrected chi connectivity index (χ2v) is 11.6. The van der Waals surface area contributed by atoms with Gasteiger partial charge in [-0.25, -0.2) is 0 Å². The first-order valence-corrected chi connectivity index (χ1v) is 16.4. The van der Waals surface area contributed by atoms with Gasteiger partial charge in [-0.15, -0.1) is 0 Å². The van der Waals surface area contributed by atoms with E-state index in [0.717, 1.165) is 74.1 Å². The van der Waals surface area contributed by atoms with E-state index in [4.69, 9.17) is 4.74 Å². The summed E-state index contributed by atoms with van der Waals surface area (Å²) in [6, 6.07) is 38.5. The van der Waals surface area contributed by atoms with Crippen LogP contribution in [0.15, 0.2) is 128 Å². The van der Waals surface area contributed by atoms with Gasteiger partial charge in [0, 0.05) is 71.3 Å². The highest BCUT2D eigenvalue weighted by Gasteiger charge is 2.10. The molecule has 47 heavy (non-hydrogen) atoms. The molecule has 5 rings (SSSR count). The normalized spacial score (nSPS) is 11.9. The molecule has 4 N–H and O–H groups in total. The highest BCUT2D eigenvalue weighted by Crippen LogP contribution is 2.20. The van der Waals surface area contributed by atoms with Crippen LogP contribution in [-0.4, -0.2) is 52.7 Å². The average molecular weight is 631 g/mol. The van der Waals surface area contributed by atoms with Gasteiger partial charge >= 0.3 is 0 Å². The van der Waals surface area contributed by atoms with Crippen LogP contribution < -0.4 is 20.7 Å². The van der Waals surface area contributed by atoms with Crippen LogP contribution in [0.5, 0.6) is 5.75 Å². The lowest BCUT2D eigenvalue weighted by Gasteiger charge is -2.23. The molecule has 1 atom stereocenters. The smallest absolute Gasteiger partial charge is 0.120 e. The highest BCUT2D eigenvalue weighted by molar-refractivity contribution is 5.30. The molecule has 0 aliphatic carbocycles. The summed E-state index contributed by atoms with van der Waals surface area (Å²) in [4.78, 5) is 11.3. The zero-order valence-corrected chi connectivity index (χ0v) is 27.0. The van der Waals surface area contributed by atoms with Crippen molar-refractivity contribution >= 4 is 0 Å². The molecule has 8 nitrogen and oxygen atoms in total. The predicted octanol–water partition coefficient (Wildman–Crippen LogP) is 5.26. The Labute approximate surface area is 278 Å². The maximum absolute atomic E-state index is 10.8. The molecule has 2 heterocycles. The summed E-state index contributed by atoms with van der Waals surface area (Å²) in [5, 5.41) is 21.3. The molecule has 244 valence electrons. The first-order chi connectivity index (χ1) is 23.2. The molecule has 0 saturated heterocycles. The average Bonchev–Trinajstić information content (AvgIpc) is 3.13. The van der Waals surface area contributed by atoms with E-state index in [-0.39, 0.29) is 0 Å². The minimum absolute atomic E-state index is 0.453. The second-order valence-electron chi connectivity index (χ2n) is 11.6. The minimum atomic E-state index is -0.624. The van der Waals surface area contributed by atoms with E-state index in [0.29, 0.717) is 19.7 Å². The lowest BCUT2D eigenvalue weighted by Crippen LogP contribution is -2.36. The van der Waals surface area contributed by atoms with E-state index in [2.05, 4.69) is 55.1 Å². The molecule has 0 aliphatic heterocycles. The van der Waals surface area contributed by atoms with Crippen LogP contribution in [0.25, 0.3) is 0 Å². The minimum Gasteiger partial charge on any atom is -0.489 e. The van der Waals surface area contributed by atoms with E-state index < -0.39 is 6.10 Å². The number of benzene rings is 3. The molecule has 0 fully saturated rings. The number of ether oxygens (including phenoxy) is 1. The number of nitrogens with zero attached hydrogens (tertiary/aromatic N) is 3. The number of nitrogens with one attached hydrogen (secondary N) is 3. The van der Waals surface area contributed by atoms with Crippen LogP contribution in [0.4, 0.5) is 0 Å². The van der Waals surface area contributed by atoms with E-state index in [1.807, 2.05) is 103 Å². The second kappa shape index (κ2) is 19.3. The number of hydrogen-bond donors (Lipinski definition) is 4. The van der Waals surface area contributed by atoms with Crippen LogP contribution in [0.1, 0.15) is 39.7 Å². The molecular formula is C39H46N6O2. The molecule has 0 bridgehead atoms. The molecule has 1 unspecified atom stereocenters. The monoisotopic (exact) mass is 630 g/mol. The van der Waals surface area contributed by atoms with E-state index >= 15 is 0 Å². The SMILES string of the molecule is OC(CNCc1ccc(CN(CCNCc2ccccn2)CCNCc2ccccn2)cc1)c1cccc(OCc2ccccc2)c1. The highest BCUT2D eigenvalue weighted by atomic mass is 16.5. The Bertz CT molecular complexity index is 1510. The maximum Gasteiger partial charge on any atom is 0.120 e. The van der Waals surface area contributed by atoms with Gasteiger partial charge in [0.1, 0.15) is 12.4 Å². The summed E-state index contributed by atoms with van der Waals surface area (Å²) in [6.45, 7) is 7.63. The lowest BCUT2D eigenvalue weighted by atomic mass is 10.1. The summed E-state index contributed by atoms with van der Waals surface area (Å²) in [7, 11) is 0. The van der Waals surface area contributed by atoms with Crippen molar-refractivity contribution in [3.05, 3.63) is 161 Å². The van der Waals surface area contributed by atoms with Crippen LogP contribution in [0.3, 0.4) is 0 Å². The molecule has 8 heteroatoms. The van der Waals surface area contributed by atoms with Crippen LogP contribution in [0.2, 0.25) is 0 Å². The van der Waals surface area contributed by atoms with Crippen LogP contribution >= 0.6 is 0 Å². The number of aliphatic hydroxyl groups is 1. The number of pyridine rings is 2. The molecule has 0 spiro atoms. The van der Waals surface area contributed by atoms with Crippen molar-refractivity contribution < 1.29 is 9.84 Å². The fourth-order valence-electron chi connectivity index (χ4n) is 5.23. The Kier molecular flexibility index (Phi) is 13.9. The molecule has 5 aromatic rings. The summed E-state index contributed by atoms with van der Waals surface area (Å²) >= 11 is 0. The third-order valence-electron chi connectivity index (χ3n) is 7.86. The van der Waals surface area contributed by atoms with Gasteiger partial charge in [0.15, 0.2) is 0 Å². The van der Waals surface area contributed by atoms with Crippen molar-refractivity contribution in [2.45, 2.75) is 38.9 Å². The summed E-state index contributed by atoms with van der Waals surface area (Å²) in [5.41, 5.74) is 6.50. The maximum atomic E-state index is 10.8. The van der Waals surface area contributed by atoms with Crippen LogP contribution in [0, 0.1) is 0 Å². The van der Waals surface area contributed by atoms with Crippen molar-refractivity contribution in [2.24, 2.45) is 0 Å². The molecule has 3 aromatic carbocycles. The van der Waals surface area contributed by atoms with Crippen molar-refractivity contribution in [3.8, 4) is 5.75 Å². The summed E-state index contributed by atoms with van der Waals surface area (Å²) < 4.78 is 5.94.